The monoisotopic (exact) mass is 268 g/mol. The first-order valence-corrected chi connectivity index (χ1v) is 7.23. The molecule has 19 heavy (non-hydrogen) atoms. The van der Waals surface area contributed by atoms with Crippen LogP contribution in [0.3, 0.4) is 0 Å². The number of nitrogens with zero attached hydrogens (tertiary/aromatic N) is 1. The Kier molecular flexibility index (Phi) is 4.02. The fraction of sp³-hybridized carbons (Fsp3) is 0.857. The van der Waals surface area contributed by atoms with Gasteiger partial charge in [0.2, 0.25) is 0 Å². The van der Waals surface area contributed by atoms with E-state index in [2.05, 4.69) is 12.2 Å². The lowest BCUT2D eigenvalue weighted by molar-refractivity contribution is -0.142. The Balaban J connectivity index is 1.83. The summed E-state index contributed by atoms with van der Waals surface area (Å²) < 4.78 is 0. The average Bonchev–Trinajstić information content (AvgIpc) is 2.70. The largest absolute Gasteiger partial charge is 0.481 e. The van der Waals surface area contributed by atoms with Crippen molar-refractivity contribution in [3.05, 3.63) is 0 Å². The molecule has 0 aromatic rings. The molecule has 2 fully saturated rings. The molecule has 0 radical (unpaired) electrons. The van der Waals surface area contributed by atoms with Gasteiger partial charge < -0.3 is 15.3 Å². The maximum absolute atomic E-state index is 12.1. The predicted molar refractivity (Wildman–Crippen MR) is 71.8 cm³/mol. The quantitative estimate of drug-likeness (QED) is 0.818. The number of carboxylic acids is 1. The highest BCUT2D eigenvalue weighted by Gasteiger charge is 2.39. The number of nitrogens with one attached hydrogen (secondary N) is 1. The lowest BCUT2D eigenvalue weighted by Crippen LogP contribution is -2.46. The molecular weight excluding hydrogens is 244 g/mol. The number of likely N-dealkylation sites (tertiary alicyclic amines) is 1. The number of hydrogen-bond donors (Lipinski definition) is 2. The van der Waals surface area contributed by atoms with E-state index in [4.69, 9.17) is 5.11 Å². The molecule has 1 saturated heterocycles. The Morgan fingerprint density at radius 2 is 2.05 bits per heavy atom. The maximum atomic E-state index is 12.1. The third-order valence-corrected chi connectivity index (χ3v) is 5.00. The van der Waals surface area contributed by atoms with Gasteiger partial charge in [-0.25, -0.2) is 4.79 Å². The number of aliphatic carboxylic acids is 1. The van der Waals surface area contributed by atoms with Gasteiger partial charge in [0, 0.05) is 19.6 Å². The summed E-state index contributed by atoms with van der Waals surface area (Å²) in [5.41, 5.74) is 0.299. The van der Waals surface area contributed by atoms with Gasteiger partial charge in [-0.2, -0.15) is 0 Å². The second kappa shape index (κ2) is 5.39. The number of carboxylic acid groups (broad SMARTS) is 1. The lowest BCUT2D eigenvalue weighted by atomic mass is 9.67. The van der Waals surface area contributed by atoms with Crippen LogP contribution in [0, 0.1) is 17.3 Å². The molecule has 1 saturated carbocycles. The molecule has 0 spiro atoms. The summed E-state index contributed by atoms with van der Waals surface area (Å²) in [6.07, 6.45) is 4.74. The van der Waals surface area contributed by atoms with E-state index in [0.717, 1.165) is 13.0 Å². The Labute approximate surface area is 114 Å². The first-order valence-electron chi connectivity index (χ1n) is 7.23. The molecule has 0 unspecified atom stereocenters. The topological polar surface area (TPSA) is 69.6 Å². The number of urea groups is 1. The summed E-state index contributed by atoms with van der Waals surface area (Å²) in [5, 5.41) is 12.1. The molecule has 0 aromatic heterocycles. The third kappa shape index (κ3) is 2.85. The van der Waals surface area contributed by atoms with Crippen molar-refractivity contribution in [1.82, 2.24) is 10.2 Å². The minimum Gasteiger partial charge on any atom is -0.481 e. The van der Waals surface area contributed by atoms with E-state index >= 15 is 0 Å². The number of carbonyl (C=O) groups is 2. The van der Waals surface area contributed by atoms with Crippen LogP contribution in [0.5, 0.6) is 0 Å². The van der Waals surface area contributed by atoms with E-state index in [1.807, 2.05) is 6.92 Å². The van der Waals surface area contributed by atoms with Gasteiger partial charge in [0.1, 0.15) is 0 Å². The molecule has 2 amide bonds. The zero-order valence-corrected chi connectivity index (χ0v) is 11.8. The van der Waals surface area contributed by atoms with E-state index < -0.39 is 11.9 Å². The molecule has 1 heterocycles. The van der Waals surface area contributed by atoms with Gasteiger partial charge in [-0.1, -0.05) is 20.3 Å². The average molecular weight is 268 g/mol. The van der Waals surface area contributed by atoms with Crippen molar-refractivity contribution in [2.75, 3.05) is 19.6 Å². The summed E-state index contributed by atoms with van der Waals surface area (Å²) in [6, 6.07) is -0.102. The third-order valence-electron chi connectivity index (χ3n) is 5.00. The normalized spacial score (nSPS) is 28.8. The molecule has 0 aromatic carbocycles. The Hall–Kier alpha value is -1.26. The number of hydrogen-bond acceptors (Lipinski definition) is 2. The zero-order chi connectivity index (χ0) is 14.0. The van der Waals surface area contributed by atoms with Crippen LogP contribution < -0.4 is 5.32 Å². The number of amides is 2. The van der Waals surface area contributed by atoms with Gasteiger partial charge in [0.25, 0.3) is 0 Å². The molecular formula is C14H24N2O3. The van der Waals surface area contributed by atoms with Gasteiger partial charge >= 0.3 is 12.0 Å². The second-order valence-corrected chi connectivity index (χ2v) is 6.19. The molecule has 0 bridgehead atoms. The van der Waals surface area contributed by atoms with E-state index in [1.165, 1.54) is 19.3 Å². The number of rotatable bonds is 4. The standard InChI is InChI=1S/C14H24N2O3/c1-3-14(5-4-6-14)9-15-13(19)16-7-10(2)11(8-16)12(17)18/h10-11H,3-9H2,1-2H3,(H,15,19)(H,17,18)/t10-,11-/m1/s1. The summed E-state index contributed by atoms with van der Waals surface area (Å²) in [6.45, 7) is 5.67. The van der Waals surface area contributed by atoms with Gasteiger partial charge in [-0.3, -0.25) is 4.79 Å². The van der Waals surface area contributed by atoms with Crippen LogP contribution in [0.1, 0.15) is 39.5 Å². The van der Waals surface area contributed by atoms with Crippen molar-refractivity contribution in [2.45, 2.75) is 39.5 Å². The fourth-order valence-electron chi connectivity index (χ4n) is 3.16. The maximum Gasteiger partial charge on any atom is 0.317 e. The van der Waals surface area contributed by atoms with Crippen LogP contribution >= 0.6 is 0 Å². The van der Waals surface area contributed by atoms with E-state index in [0.29, 0.717) is 18.5 Å². The van der Waals surface area contributed by atoms with Crippen molar-refractivity contribution >= 4 is 12.0 Å². The van der Waals surface area contributed by atoms with Crippen molar-refractivity contribution in [3.8, 4) is 0 Å². The molecule has 5 nitrogen and oxygen atoms in total. The van der Waals surface area contributed by atoms with Crippen LogP contribution in [-0.4, -0.2) is 41.6 Å². The second-order valence-electron chi connectivity index (χ2n) is 6.19. The lowest BCUT2D eigenvalue weighted by Gasteiger charge is -2.41. The fourth-order valence-corrected chi connectivity index (χ4v) is 3.16. The smallest absolute Gasteiger partial charge is 0.317 e. The van der Waals surface area contributed by atoms with Gasteiger partial charge in [0.15, 0.2) is 0 Å². The SMILES string of the molecule is CCC1(CNC(=O)N2C[C@@H](C)[C@H](C(=O)O)C2)CCC1. The van der Waals surface area contributed by atoms with Crippen LogP contribution in [0.15, 0.2) is 0 Å². The highest BCUT2D eigenvalue weighted by molar-refractivity contribution is 5.77. The highest BCUT2D eigenvalue weighted by Crippen LogP contribution is 2.43. The minimum atomic E-state index is -0.799. The van der Waals surface area contributed by atoms with Gasteiger partial charge in [-0.15, -0.1) is 0 Å². The van der Waals surface area contributed by atoms with Crippen LogP contribution in [0.2, 0.25) is 0 Å². The van der Waals surface area contributed by atoms with E-state index in [9.17, 15) is 9.59 Å². The van der Waals surface area contributed by atoms with Crippen LogP contribution in [0.25, 0.3) is 0 Å². The number of carbonyl (C=O) groups excluding carboxylic acids is 1. The molecule has 2 N–H and O–H groups in total. The van der Waals surface area contributed by atoms with Gasteiger partial charge in [0.05, 0.1) is 5.92 Å². The Bertz CT molecular complexity index is 360. The molecule has 2 atom stereocenters. The summed E-state index contributed by atoms with van der Waals surface area (Å²) in [5.74, 6) is -1.19. The van der Waals surface area contributed by atoms with Crippen LogP contribution in [0.4, 0.5) is 4.79 Å². The van der Waals surface area contributed by atoms with Crippen LogP contribution in [-0.2, 0) is 4.79 Å². The van der Waals surface area contributed by atoms with Crippen molar-refractivity contribution < 1.29 is 14.7 Å². The predicted octanol–water partition coefficient (Wildman–Crippen LogP) is 1.93. The molecule has 2 aliphatic rings. The molecule has 1 aliphatic carbocycles. The summed E-state index contributed by atoms with van der Waals surface area (Å²) in [4.78, 5) is 24.8. The van der Waals surface area contributed by atoms with Crippen molar-refractivity contribution in [2.24, 2.45) is 17.3 Å². The molecule has 1 aliphatic heterocycles. The minimum absolute atomic E-state index is 0.0343. The van der Waals surface area contributed by atoms with Gasteiger partial charge in [-0.05, 0) is 30.6 Å². The molecule has 2 rings (SSSR count). The van der Waals surface area contributed by atoms with E-state index in [-0.39, 0.29) is 11.9 Å². The first kappa shape index (κ1) is 14.2. The molecule has 108 valence electrons. The summed E-state index contributed by atoms with van der Waals surface area (Å²) >= 11 is 0. The van der Waals surface area contributed by atoms with E-state index in [1.54, 1.807) is 4.90 Å². The van der Waals surface area contributed by atoms with Crippen molar-refractivity contribution in [3.63, 3.8) is 0 Å². The molecule has 5 heteroatoms. The highest BCUT2D eigenvalue weighted by atomic mass is 16.4. The van der Waals surface area contributed by atoms with Crippen molar-refractivity contribution in [1.29, 1.82) is 0 Å². The summed E-state index contributed by atoms with van der Waals surface area (Å²) in [7, 11) is 0. The zero-order valence-electron chi connectivity index (χ0n) is 11.8. The Morgan fingerprint density at radius 1 is 1.37 bits per heavy atom. The first-order chi connectivity index (χ1) is 8.97. The Morgan fingerprint density at radius 3 is 2.47 bits per heavy atom.